The van der Waals surface area contributed by atoms with Crippen LogP contribution < -0.4 is 10.2 Å². The van der Waals surface area contributed by atoms with Crippen LogP contribution in [-0.2, 0) is 12.3 Å². The Morgan fingerprint density at radius 1 is 1.03 bits per heavy atom. The molecule has 0 spiro atoms. The number of carbonyl (C=O) groups is 1. The van der Waals surface area contributed by atoms with Crippen molar-refractivity contribution in [3.8, 4) is 0 Å². The zero-order valence-corrected chi connectivity index (χ0v) is 17.9. The van der Waals surface area contributed by atoms with Gasteiger partial charge in [0, 0.05) is 54.9 Å². The maximum absolute atomic E-state index is 12.4. The first-order valence-electron chi connectivity index (χ1n) is 9.78. The largest absolute Gasteiger partial charge is 0.378 e. The Morgan fingerprint density at radius 2 is 1.80 bits per heavy atom. The van der Waals surface area contributed by atoms with Crippen LogP contribution in [0.4, 0.5) is 5.69 Å². The Bertz CT molecular complexity index is 1100. The van der Waals surface area contributed by atoms with Crippen LogP contribution in [0.25, 0.3) is 5.65 Å². The maximum atomic E-state index is 12.4. The molecule has 2 aromatic heterocycles. The quantitative estimate of drug-likeness (QED) is 0.447. The number of hydrogen-bond donors (Lipinski definition) is 1. The first-order chi connectivity index (χ1) is 14.6. The highest BCUT2D eigenvalue weighted by molar-refractivity contribution is 7.98. The Balaban J connectivity index is 1.30. The molecule has 0 aliphatic heterocycles. The molecule has 0 saturated heterocycles. The molecule has 4 aromatic rings. The van der Waals surface area contributed by atoms with Gasteiger partial charge in [0.2, 0.25) is 0 Å². The number of nitrogens with one attached hydrogen (secondary N) is 1. The lowest BCUT2D eigenvalue weighted by atomic mass is 10.2. The van der Waals surface area contributed by atoms with Crippen molar-refractivity contribution in [2.45, 2.75) is 17.2 Å². The first kappa shape index (κ1) is 20.0. The number of imidazole rings is 1. The molecular formula is C24H24N4OS. The van der Waals surface area contributed by atoms with E-state index in [1.54, 1.807) is 11.8 Å². The summed E-state index contributed by atoms with van der Waals surface area (Å²) in [5, 5.41) is 2.98. The molecule has 0 aliphatic rings. The Morgan fingerprint density at radius 3 is 2.50 bits per heavy atom. The first-order valence-corrected chi connectivity index (χ1v) is 10.8. The fourth-order valence-corrected chi connectivity index (χ4v) is 3.90. The number of hydrogen-bond acceptors (Lipinski definition) is 4. The molecule has 0 bridgehead atoms. The van der Waals surface area contributed by atoms with Crippen molar-refractivity contribution in [1.82, 2.24) is 14.7 Å². The van der Waals surface area contributed by atoms with Crippen LogP contribution in [0, 0.1) is 0 Å². The molecule has 5 nitrogen and oxygen atoms in total. The molecule has 0 aliphatic carbocycles. The summed E-state index contributed by atoms with van der Waals surface area (Å²) in [6, 6.07) is 21.9. The number of rotatable bonds is 7. The molecule has 0 fully saturated rings. The highest BCUT2D eigenvalue weighted by atomic mass is 32.2. The van der Waals surface area contributed by atoms with Gasteiger partial charge in [0.05, 0.1) is 5.69 Å². The summed E-state index contributed by atoms with van der Waals surface area (Å²) in [6.07, 6.45) is 4.05. The van der Waals surface area contributed by atoms with Crippen LogP contribution in [0.3, 0.4) is 0 Å². The molecule has 4 rings (SSSR count). The van der Waals surface area contributed by atoms with E-state index < -0.39 is 0 Å². The fraction of sp³-hybridized carbons (Fsp3) is 0.167. The van der Waals surface area contributed by atoms with Crippen LogP contribution in [0.15, 0.2) is 84.0 Å². The number of fused-ring (bicyclic) bond motifs is 1. The highest BCUT2D eigenvalue weighted by Crippen LogP contribution is 2.23. The zero-order valence-electron chi connectivity index (χ0n) is 17.1. The minimum Gasteiger partial charge on any atom is -0.378 e. The van der Waals surface area contributed by atoms with Gasteiger partial charge >= 0.3 is 0 Å². The molecule has 152 valence electrons. The van der Waals surface area contributed by atoms with Gasteiger partial charge in [-0.3, -0.25) is 4.79 Å². The number of thioether (sulfide) groups is 1. The van der Waals surface area contributed by atoms with E-state index in [0.29, 0.717) is 12.1 Å². The lowest BCUT2D eigenvalue weighted by Gasteiger charge is -2.13. The molecule has 1 N–H and O–H groups in total. The maximum Gasteiger partial charge on any atom is 0.251 e. The third-order valence-corrected chi connectivity index (χ3v) is 5.87. The van der Waals surface area contributed by atoms with Crippen molar-refractivity contribution in [3.63, 3.8) is 0 Å². The van der Waals surface area contributed by atoms with E-state index in [1.807, 2.05) is 79.3 Å². The summed E-state index contributed by atoms with van der Waals surface area (Å²) in [5.74, 6) is 0.722. The normalized spacial score (nSPS) is 10.9. The summed E-state index contributed by atoms with van der Waals surface area (Å²) >= 11 is 1.71. The second-order valence-corrected chi connectivity index (χ2v) is 8.30. The Labute approximate surface area is 180 Å². The van der Waals surface area contributed by atoms with Crippen LogP contribution in [0.1, 0.15) is 21.6 Å². The molecule has 6 heteroatoms. The molecule has 0 atom stereocenters. The zero-order chi connectivity index (χ0) is 20.9. The van der Waals surface area contributed by atoms with Crippen LogP contribution in [0.2, 0.25) is 0 Å². The van der Waals surface area contributed by atoms with E-state index >= 15 is 0 Å². The lowest BCUT2D eigenvalue weighted by molar-refractivity contribution is 0.0951. The van der Waals surface area contributed by atoms with E-state index in [9.17, 15) is 4.79 Å². The number of pyridine rings is 1. The van der Waals surface area contributed by atoms with Crippen molar-refractivity contribution in [2.24, 2.45) is 0 Å². The standard InChI is InChI=1S/C24H24N4OS/c1-27(2)21-10-6-18(7-11-21)15-25-24(29)19-8-12-22(13-9-19)30-17-20-16-28-14-4-3-5-23(28)26-20/h3-14,16H,15,17H2,1-2H3,(H,25,29). The Kier molecular flexibility index (Phi) is 6.05. The fourth-order valence-electron chi connectivity index (χ4n) is 3.11. The smallest absolute Gasteiger partial charge is 0.251 e. The van der Waals surface area contributed by atoms with Crippen molar-refractivity contribution >= 4 is 29.0 Å². The number of benzene rings is 2. The highest BCUT2D eigenvalue weighted by Gasteiger charge is 2.07. The molecular weight excluding hydrogens is 392 g/mol. The van der Waals surface area contributed by atoms with Gasteiger partial charge in [-0.05, 0) is 54.1 Å². The number of nitrogens with zero attached hydrogens (tertiary/aromatic N) is 3. The van der Waals surface area contributed by atoms with Gasteiger partial charge in [0.25, 0.3) is 5.91 Å². The summed E-state index contributed by atoms with van der Waals surface area (Å²) in [5.41, 5.74) is 4.87. The molecule has 1 amide bonds. The van der Waals surface area contributed by atoms with Gasteiger partial charge in [-0.25, -0.2) is 4.98 Å². The average molecular weight is 417 g/mol. The van der Waals surface area contributed by atoms with Gasteiger partial charge in [-0.15, -0.1) is 11.8 Å². The SMILES string of the molecule is CN(C)c1ccc(CNC(=O)c2ccc(SCc3cn4ccccc4n3)cc2)cc1. The number of carbonyl (C=O) groups excluding carboxylic acids is 1. The van der Waals surface area contributed by atoms with E-state index in [4.69, 9.17) is 0 Å². The minimum absolute atomic E-state index is 0.0661. The van der Waals surface area contributed by atoms with Gasteiger partial charge in [-0.1, -0.05) is 18.2 Å². The second kappa shape index (κ2) is 9.05. The monoisotopic (exact) mass is 416 g/mol. The molecule has 2 heterocycles. The van der Waals surface area contributed by atoms with E-state index in [1.165, 1.54) is 0 Å². The minimum atomic E-state index is -0.0661. The summed E-state index contributed by atoms with van der Waals surface area (Å²) in [7, 11) is 4.02. The number of anilines is 1. The second-order valence-electron chi connectivity index (χ2n) is 7.25. The topological polar surface area (TPSA) is 49.6 Å². The van der Waals surface area contributed by atoms with Crippen molar-refractivity contribution < 1.29 is 4.79 Å². The predicted molar refractivity (Wildman–Crippen MR) is 123 cm³/mol. The van der Waals surface area contributed by atoms with E-state index in [0.717, 1.165) is 33.2 Å². The molecule has 0 radical (unpaired) electrons. The average Bonchev–Trinajstić information content (AvgIpc) is 3.20. The molecule has 30 heavy (non-hydrogen) atoms. The van der Waals surface area contributed by atoms with Crippen molar-refractivity contribution in [3.05, 3.63) is 95.9 Å². The third-order valence-electron chi connectivity index (χ3n) is 4.82. The molecule has 0 saturated carbocycles. The van der Waals surface area contributed by atoms with Gasteiger partial charge in [0.1, 0.15) is 5.65 Å². The van der Waals surface area contributed by atoms with Gasteiger partial charge in [-0.2, -0.15) is 0 Å². The molecule has 2 aromatic carbocycles. The predicted octanol–water partition coefficient (Wildman–Crippen LogP) is 4.62. The van der Waals surface area contributed by atoms with E-state index in [-0.39, 0.29) is 5.91 Å². The van der Waals surface area contributed by atoms with Crippen LogP contribution in [0.5, 0.6) is 0 Å². The van der Waals surface area contributed by atoms with E-state index in [2.05, 4.69) is 33.5 Å². The Hall–Kier alpha value is -3.25. The van der Waals surface area contributed by atoms with Gasteiger partial charge in [0.15, 0.2) is 0 Å². The van der Waals surface area contributed by atoms with Crippen molar-refractivity contribution in [2.75, 3.05) is 19.0 Å². The summed E-state index contributed by atoms with van der Waals surface area (Å²) < 4.78 is 2.03. The number of aromatic nitrogens is 2. The molecule has 0 unspecified atom stereocenters. The van der Waals surface area contributed by atoms with Crippen LogP contribution >= 0.6 is 11.8 Å². The van der Waals surface area contributed by atoms with Gasteiger partial charge < -0.3 is 14.6 Å². The third kappa shape index (κ3) is 4.83. The van der Waals surface area contributed by atoms with Crippen molar-refractivity contribution in [1.29, 1.82) is 0 Å². The lowest BCUT2D eigenvalue weighted by Crippen LogP contribution is -2.22. The summed E-state index contributed by atoms with van der Waals surface area (Å²) in [4.78, 5) is 20.2. The number of amides is 1. The summed E-state index contributed by atoms with van der Waals surface area (Å²) in [6.45, 7) is 0.511. The van der Waals surface area contributed by atoms with Crippen LogP contribution in [-0.4, -0.2) is 29.4 Å².